The highest BCUT2D eigenvalue weighted by Crippen LogP contribution is 2.41. The van der Waals surface area contributed by atoms with Crippen LogP contribution in [-0.2, 0) is 0 Å². The zero-order valence-electron chi connectivity index (χ0n) is 25.2. The molecule has 10 rings (SSSR count). The maximum Gasteiger partial charge on any atom is 0.137 e. The molecular formula is C43H26N2OS. The third-order valence-electron chi connectivity index (χ3n) is 9.25. The van der Waals surface area contributed by atoms with Crippen molar-refractivity contribution in [1.82, 2.24) is 9.55 Å². The summed E-state index contributed by atoms with van der Waals surface area (Å²) in [4.78, 5) is 5.06. The van der Waals surface area contributed by atoms with Gasteiger partial charge in [0, 0.05) is 32.8 Å². The van der Waals surface area contributed by atoms with E-state index in [9.17, 15) is 0 Å². The molecule has 0 saturated heterocycles. The maximum absolute atomic E-state index is 6.14. The molecule has 0 spiro atoms. The van der Waals surface area contributed by atoms with Crippen LogP contribution in [0.5, 0.6) is 0 Å². The number of thiazole rings is 1. The van der Waals surface area contributed by atoms with E-state index in [0.717, 1.165) is 48.4 Å². The summed E-state index contributed by atoms with van der Waals surface area (Å²) in [5, 5.41) is 5.77. The van der Waals surface area contributed by atoms with Crippen molar-refractivity contribution in [1.29, 1.82) is 0 Å². The summed E-state index contributed by atoms with van der Waals surface area (Å²) in [6.45, 7) is 0. The molecule has 0 saturated carbocycles. The van der Waals surface area contributed by atoms with Gasteiger partial charge in [-0.25, -0.2) is 4.98 Å². The van der Waals surface area contributed by atoms with Gasteiger partial charge < -0.3 is 8.98 Å². The lowest BCUT2D eigenvalue weighted by molar-refractivity contribution is 0.669. The number of fused-ring (bicyclic) bond motifs is 8. The smallest absolute Gasteiger partial charge is 0.137 e. The first-order valence-electron chi connectivity index (χ1n) is 15.8. The number of nitrogens with zero attached hydrogens (tertiary/aromatic N) is 2. The fourth-order valence-electron chi connectivity index (χ4n) is 6.99. The van der Waals surface area contributed by atoms with Gasteiger partial charge in [-0.15, -0.1) is 11.3 Å². The number of para-hydroxylation sites is 1. The van der Waals surface area contributed by atoms with E-state index >= 15 is 0 Å². The SMILES string of the molecule is c1ccc(-c2ccc3c(c2)c2cc(-c4ccccc4)ccc2n3-c2ccc(-c3nc4ccc5oc6ccccc6c5c4s3)cc2)cc1. The molecule has 0 aliphatic carbocycles. The van der Waals surface area contributed by atoms with Gasteiger partial charge in [-0.1, -0.05) is 91.0 Å². The molecule has 0 fully saturated rings. The van der Waals surface area contributed by atoms with Crippen LogP contribution in [0.25, 0.3) is 92.5 Å². The van der Waals surface area contributed by atoms with Gasteiger partial charge in [0.25, 0.3) is 0 Å². The van der Waals surface area contributed by atoms with Crippen molar-refractivity contribution in [3.8, 4) is 38.5 Å². The van der Waals surface area contributed by atoms with E-state index in [-0.39, 0.29) is 0 Å². The molecule has 0 unspecified atom stereocenters. The molecule has 0 bridgehead atoms. The maximum atomic E-state index is 6.14. The Labute approximate surface area is 274 Å². The molecular weight excluding hydrogens is 593 g/mol. The fourth-order valence-corrected chi connectivity index (χ4v) is 8.12. The number of hydrogen-bond acceptors (Lipinski definition) is 3. The molecule has 0 amide bonds. The number of aromatic nitrogens is 2. The van der Waals surface area contributed by atoms with E-state index < -0.39 is 0 Å². The Balaban J connectivity index is 1.12. The molecule has 0 atom stereocenters. The van der Waals surface area contributed by atoms with E-state index in [1.165, 1.54) is 44.1 Å². The summed E-state index contributed by atoms with van der Waals surface area (Å²) >= 11 is 1.73. The van der Waals surface area contributed by atoms with Crippen molar-refractivity contribution in [3.05, 3.63) is 158 Å². The van der Waals surface area contributed by atoms with Gasteiger partial charge in [-0.3, -0.25) is 0 Å². The summed E-state index contributed by atoms with van der Waals surface area (Å²) in [6.07, 6.45) is 0. The summed E-state index contributed by atoms with van der Waals surface area (Å²) in [5.41, 5.74) is 12.3. The molecule has 3 heterocycles. The van der Waals surface area contributed by atoms with Crippen LogP contribution in [0.15, 0.2) is 162 Å². The lowest BCUT2D eigenvalue weighted by Crippen LogP contribution is -1.94. The van der Waals surface area contributed by atoms with Crippen LogP contribution < -0.4 is 0 Å². The minimum absolute atomic E-state index is 0.904. The summed E-state index contributed by atoms with van der Waals surface area (Å²) < 4.78 is 9.69. The molecule has 47 heavy (non-hydrogen) atoms. The summed E-state index contributed by atoms with van der Waals surface area (Å²) in [7, 11) is 0. The molecule has 220 valence electrons. The van der Waals surface area contributed by atoms with Gasteiger partial charge in [0.1, 0.15) is 16.2 Å². The number of hydrogen-bond donors (Lipinski definition) is 0. The first-order valence-corrected chi connectivity index (χ1v) is 16.6. The number of rotatable bonds is 4. The van der Waals surface area contributed by atoms with Crippen LogP contribution in [0, 0.1) is 0 Å². The predicted octanol–water partition coefficient (Wildman–Crippen LogP) is 12.3. The largest absolute Gasteiger partial charge is 0.456 e. The van der Waals surface area contributed by atoms with E-state index in [0.29, 0.717) is 0 Å². The average molecular weight is 619 g/mol. The van der Waals surface area contributed by atoms with Crippen LogP contribution in [0.2, 0.25) is 0 Å². The van der Waals surface area contributed by atoms with E-state index in [4.69, 9.17) is 9.40 Å². The molecule has 0 aliphatic heterocycles. The second-order valence-corrected chi connectivity index (χ2v) is 13.0. The Morgan fingerprint density at radius 2 is 1.06 bits per heavy atom. The molecule has 7 aromatic carbocycles. The molecule has 3 nitrogen and oxygen atoms in total. The van der Waals surface area contributed by atoms with E-state index in [1.807, 2.05) is 18.2 Å². The zero-order valence-corrected chi connectivity index (χ0v) is 26.0. The molecule has 0 radical (unpaired) electrons. The Bertz CT molecular complexity index is 2670. The third-order valence-corrected chi connectivity index (χ3v) is 10.4. The highest BCUT2D eigenvalue weighted by molar-refractivity contribution is 7.22. The van der Waals surface area contributed by atoms with Crippen LogP contribution in [0.1, 0.15) is 0 Å². The molecule has 3 aromatic heterocycles. The Hall–Kier alpha value is -5.97. The number of furan rings is 1. The van der Waals surface area contributed by atoms with Crippen molar-refractivity contribution in [2.24, 2.45) is 0 Å². The minimum atomic E-state index is 0.904. The summed E-state index contributed by atoms with van der Waals surface area (Å²) in [6, 6.07) is 56.1. The van der Waals surface area contributed by atoms with Crippen LogP contribution >= 0.6 is 11.3 Å². The zero-order chi connectivity index (χ0) is 30.9. The monoisotopic (exact) mass is 618 g/mol. The van der Waals surface area contributed by atoms with Gasteiger partial charge in [0.05, 0.1) is 21.3 Å². The lowest BCUT2D eigenvalue weighted by Gasteiger charge is -2.09. The van der Waals surface area contributed by atoms with E-state index in [1.54, 1.807) is 11.3 Å². The predicted molar refractivity (Wildman–Crippen MR) is 198 cm³/mol. The van der Waals surface area contributed by atoms with Crippen LogP contribution in [-0.4, -0.2) is 9.55 Å². The second-order valence-electron chi connectivity index (χ2n) is 12.0. The quantitative estimate of drug-likeness (QED) is 0.196. The third kappa shape index (κ3) is 4.16. The molecule has 10 aromatic rings. The molecule has 0 aliphatic rings. The molecule has 0 N–H and O–H groups in total. The van der Waals surface area contributed by atoms with Crippen LogP contribution in [0.4, 0.5) is 0 Å². The van der Waals surface area contributed by atoms with Gasteiger partial charge in [0.15, 0.2) is 0 Å². The normalized spacial score (nSPS) is 11.8. The lowest BCUT2D eigenvalue weighted by atomic mass is 10.0. The molecule has 4 heteroatoms. The summed E-state index contributed by atoms with van der Waals surface area (Å²) in [5.74, 6) is 0. The minimum Gasteiger partial charge on any atom is -0.456 e. The van der Waals surface area contributed by atoms with Gasteiger partial charge in [-0.2, -0.15) is 0 Å². The Morgan fingerprint density at radius 1 is 0.468 bits per heavy atom. The Kier molecular flexibility index (Phi) is 5.74. The number of benzene rings is 7. The highest BCUT2D eigenvalue weighted by atomic mass is 32.1. The van der Waals surface area contributed by atoms with Crippen molar-refractivity contribution in [2.45, 2.75) is 0 Å². The average Bonchev–Trinajstić information content (AvgIpc) is 3.83. The second kappa shape index (κ2) is 10.3. The first kappa shape index (κ1) is 26.3. The first-order chi connectivity index (χ1) is 23.3. The van der Waals surface area contributed by atoms with Crippen LogP contribution in [0.3, 0.4) is 0 Å². The van der Waals surface area contributed by atoms with Crippen molar-refractivity contribution < 1.29 is 4.42 Å². The Morgan fingerprint density at radius 3 is 1.72 bits per heavy atom. The van der Waals surface area contributed by atoms with Gasteiger partial charge in [0.2, 0.25) is 0 Å². The standard InChI is InChI=1S/C43H26N2OS/c1-3-9-27(10-4-1)30-17-22-37-34(25-30)35-26-31(28-11-5-2-6-12-28)18-23-38(35)45(37)32-19-15-29(16-20-32)43-44-36-21-24-40-41(42(36)47-43)33-13-7-8-14-39(33)46-40/h1-26H. The van der Waals surface area contributed by atoms with Crippen molar-refractivity contribution in [2.75, 3.05) is 0 Å². The van der Waals surface area contributed by atoms with Gasteiger partial charge in [-0.05, 0) is 89.0 Å². The van der Waals surface area contributed by atoms with E-state index in [2.05, 4.69) is 144 Å². The highest BCUT2D eigenvalue weighted by Gasteiger charge is 2.17. The fraction of sp³-hybridized carbons (Fsp3) is 0. The van der Waals surface area contributed by atoms with Crippen molar-refractivity contribution >= 4 is 65.3 Å². The van der Waals surface area contributed by atoms with Gasteiger partial charge >= 0.3 is 0 Å². The van der Waals surface area contributed by atoms with Crippen molar-refractivity contribution in [3.63, 3.8) is 0 Å². The topological polar surface area (TPSA) is 31.0 Å².